The molecule has 1 unspecified atom stereocenters. The van der Waals surface area contributed by atoms with E-state index in [1.165, 1.54) is 22.3 Å². The third kappa shape index (κ3) is 1.98. The fraction of sp³-hybridized carbons (Fsp3) is 0.333. The fourth-order valence-electron chi connectivity index (χ4n) is 3.26. The fourth-order valence-corrected chi connectivity index (χ4v) is 3.26. The molecule has 0 saturated heterocycles. The van der Waals surface area contributed by atoms with Gasteiger partial charge in [0.05, 0.1) is 0 Å². The molecule has 0 radical (unpaired) electrons. The van der Waals surface area contributed by atoms with Crippen molar-refractivity contribution in [1.82, 2.24) is 0 Å². The van der Waals surface area contributed by atoms with E-state index < -0.39 is 5.60 Å². The van der Waals surface area contributed by atoms with E-state index in [1.807, 2.05) is 0 Å². The molecule has 0 aromatic heterocycles. The molecule has 1 nitrogen and oxygen atoms in total. The monoisotopic (exact) mass is 252 g/mol. The Bertz CT molecular complexity index is 622. The van der Waals surface area contributed by atoms with Crippen LogP contribution in [0.2, 0.25) is 0 Å². The van der Waals surface area contributed by atoms with Gasteiger partial charge in [-0.25, -0.2) is 0 Å². The van der Waals surface area contributed by atoms with E-state index in [-0.39, 0.29) is 0 Å². The third-order valence-electron chi connectivity index (χ3n) is 4.17. The van der Waals surface area contributed by atoms with Gasteiger partial charge < -0.3 is 5.11 Å². The Labute approximate surface area is 114 Å². The summed E-state index contributed by atoms with van der Waals surface area (Å²) >= 11 is 0. The second-order valence-electron chi connectivity index (χ2n) is 5.90. The lowest BCUT2D eigenvalue weighted by molar-refractivity contribution is 0.0828. The van der Waals surface area contributed by atoms with Crippen molar-refractivity contribution in [2.24, 2.45) is 0 Å². The van der Waals surface area contributed by atoms with Crippen molar-refractivity contribution >= 4 is 0 Å². The largest absolute Gasteiger partial charge is 0.380 e. The Kier molecular flexibility index (Phi) is 2.75. The maximum absolute atomic E-state index is 11.2. The normalized spacial score (nSPS) is 21.5. The van der Waals surface area contributed by atoms with Gasteiger partial charge in [0.1, 0.15) is 5.60 Å². The maximum atomic E-state index is 11.2. The van der Waals surface area contributed by atoms with Crippen LogP contribution in [-0.4, -0.2) is 5.11 Å². The zero-order chi connectivity index (χ0) is 13.6. The van der Waals surface area contributed by atoms with Crippen molar-refractivity contribution in [1.29, 1.82) is 0 Å². The van der Waals surface area contributed by atoms with Crippen molar-refractivity contribution < 1.29 is 5.11 Å². The molecule has 0 fully saturated rings. The highest BCUT2D eigenvalue weighted by molar-refractivity contribution is 5.48. The highest BCUT2D eigenvalue weighted by atomic mass is 16.3. The number of aliphatic hydroxyl groups is 1. The molecule has 0 aliphatic heterocycles. The van der Waals surface area contributed by atoms with Gasteiger partial charge in [0.15, 0.2) is 0 Å². The van der Waals surface area contributed by atoms with Crippen LogP contribution in [0.1, 0.15) is 39.8 Å². The van der Waals surface area contributed by atoms with Gasteiger partial charge >= 0.3 is 0 Å². The zero-order valence-electron chi connectivity index (χ0n) is 11.8. The minimum atomic E-state index is -0.807. The summed E-state index contributed by atoms with van der Waals surface area (Å²) in [6, 6.07) is 12.8. The van der Waals surface area contributed by atoms with E-state index in [1.54, 1.807) is 0 Å². The van der Waals surface area contributed by atoms with Gasteiger partial charge in [-0.2, -0.15) is 0 Å². The number of hydrogen-bond donors (Lipinski definition) is 1. The Morgan fingerprint density at radius 3 is 2.26 bits per heavy atom. The molecule has 0 heterocycles. The second-order valence-corrected chi connectivity index (χ2v) is 5.90. The first-order valence-electron chi connectivity index (χ1n) is 6.90. The summed E-state index contributed by atoms with van der Waals surface area (Å²) in [5.74, 6) is 0. The van der Waals surface area contributed by atoms with Gasteiger partial charge in [-0.05, 0) is 50.3 Å². The van der Waals surface area contributed by atoms with E-state index in [9.17, 15) is 5.11 Å². The van der Waals surface area contributed by atoms with E-state index in [2.05, 4.69) is 57.2 Å². The molecule has 98 valence electrons. The van der Waals surface area contributed by atoms with Crippen LogP contribution in [0.15, 0.2) is 36.4 Å². The van der Waals surface area contributed by atoms with Crippen molar-refractivity contribution in [3.05, 3.63) is 69.8 Å². The lowest BCUT2D eigenvalue weighted by atomic mass is 9.85. The van der Waals surface area contributed by atoms with Crippen LogP contribution in [0, 0.1) is 20.8 Å². The van der Waals surface area contributed by atoms with Gasteiger partial charge in [0.25, 0.3) is 0 Å². The van der Waals surface area contributed by atoms with E-state index in [4.69, 9.17) is 0 Å². The highest BCUT2D eigenvalue weighted by Gasteiger charge is 2.38. The first-order valence-corrected chi connectivity index (χ1v) is 6.90. The smallest absolute Gasteiger partial charge is 0.115 e. The predicted octanol–water partition coefficient (Wildman–Crippen LogP) is 3.79. The summed E-state index contributed by atoms with van der Waals surface area (Å²) in [6.45, 7) is 6.26. The Morgan fingerprint density at radius 2 is 1.58 bits per heavy atom. The van der Waals surface area contributed by atoms with Crippen molar-refractivity contribution in [2.45, 2.75) is 39.2 Å². The SMILES string of the molecule is Cc1cc(C)cc(C2(O)CCc3ccc(C)cc32)c1. The molecule has 2 aromatic carbocycles. The minimum absolute atomic E-state index is 0.786. The lowest BCUT2D eigenvalue weighted by Gasteiger charge is -2.26. The average Bonchev–Trinajstić information content (AvgIpc) is 2.67. The van der Waals surface area contributed by atoms with Crippen LogP contribution in [0.4, 0.5) is 0 Å². The zero-order valence-corrected chi connectivity index (χ0v) is 11.8. The van der Waals surface area contributed by atoms with Crippen LogP contribution >= 0.6 is 0 Å². The molecule has 19 heavy (non-hydrogen) atoms. The number of aryl methyl sites for hydroxylation is 4. The van der Waals surface area contributed by atoms with Gasteiger partial charge in [-0.15, -0.1) is 0 Å². The second kappa shape index (κ2) is 4.21. The molecule has 0 saturated carbocycles. The van der Waals surface area contributed by atoms with E-state index in [0.717, 1.165) is 24.0 Å². The molecule has 2 aromatic rings. The predicted molar refractivity (Wildman–Crippen MR) is 78.4 cm³/mol. The van der Waals surface area contributed by atoms with E-state index >= 15 is 0 Å². The van der Waals surface area contributed by atoms with Crippen LogP contribution < -0.4 is 0 Å². The summed E-state index contributed by atoms with van der Waals surface area (Å²) < 4.78 is 0. The highest BCUT2D eigenvalue weighted by Crippen LogP contribution is 2.42. The quantitative estimate of drug-likeness (QED) is 0.818. The summed E-state index contributed by atoms with van der Waals surface area (Å²) in [6.07, 6.45) is 1.74. The van der Waals surface area contributed by atoms with Crippen LogP contribution in [0.5, 0.6) is 0 Å². The standard InChI is InChI=1S/C18H20O/c1-12-4-5-15-6-7-18(19,17(15)11-12)16-9-13(2)8-14(3)10-16/h4-5,8-11,19H,6-7H2,1-3H3. The molecule has 1 atom stereocenters. The summed E-state index contributed by atoms with van der Waals surface area (Å²) in [5.41, 5.74) is 6.25. The van der Waals surface area contributed by atoms with Crippen molar-refractivity contribution in [2.75, 3.05) is 0 Å². The van der Waals surface area contributed by atoms with Gasteiger partial charge in [-0.3, -0.25) is 0 Å². The Hall–Kier alpha value is -1.60. The van der Waals surface area contributed by atoms with Crippen LogP contribution in [0.3, 0.4) is 0 Å². The summed E-state index contributed by atoms with van der Waals surface area (Å²) in [7, 11) is 0. The molecule has 1 aliphatic carbocycles. The first-order chi connectivity index (χ1) is 8.99. The molecule has 3 rings (SSSR count). The topological polar surface area (TPSA) is 20.2 Å². The summed E-state index contributed by atoms with van der Waals surface area (Å²) in [5, 5.41) is 11.2. The number of benzene rings is 2. The van der Waals surface area contributed by atoms with Crippen LogP contribution in [-0.2, 0) is 12.0 Å². The third-order valence-corrected chi connectivity index (χ3v) is 4.17. The number of fused-ring (bicyclic) bond motifs is 1. The molecular weight excluding hydrogens is 232 g/mol. The number of rotatable bonds is 1. The van der Waals surface area contributed by atoms with Gasteiger partial charge in [0, 0.05) is 0 Å². The van der Waals surface area contributed by atoms with Gasteiger partial charge in [-0.1, -0.05) is 53.1 Å². The van der Waals surface area contributed by atoms with E-state index in [0.29, 0.717) is 0 Å². The summed E-state index contributed by atoms with van der Waals surface area (Å²) in [4.78, 5) is 0. The molecule has 1 N–H and O–H groups in total. The lowest BCUT2D eigenvalue weighted by Crippen LogP contribution is -2.24. The van der Waals surface area contributed by atoms with Crippen LogP contribution in [0.25, 0.3) is 0 Å². The molecule has 0 spiro atoms. The molecule has 0 bridgehead atoms. The molecular formula is C18H20O. The molecule has 1 aliphatic rings. The average molecular weight is 252 g/mol. The molecule has 1 heteroatoms. The maximum Gasteiger partial charge on any atom is 0.115 e. The first kappa shape index (κ1) is 12.4. The number of hydrogen-bond acceptors (Lipinski definition) is 1. The Balaban J connectivity index is 2.18. The Morgan fingerprint density at radius 1 is 0.895 bits per heavy atom. The van der Waals surface area contributed by atoms with Gasteiger partial charge in [0.2, 0.25) is 0 Å². The van der Waals surface area contributed by atoms with Crippen molar-refractivity contribution in [3.63, 3.8) is 0 Å². The van der Waals surface area contributed by atoms with Crippen molar-refractivity contribution in [3.8, 4) is 0 Å². The minimum Gasteiger partial charge on any atom is -0.380 e. The molecule has 0 amide bonds.